The molecule has 1 aromatic heterocycles. The summed E-state index contributed by atoms with van der Waals surface area (Å²) >= 11 is 0. The first kappa shape index (κ1) is 33.2. The first-order chi connectivity index (χ1) is 28.0. The summed E-state index contributed by atoms with van der Waals surface area (Å²) in [5.74, 6) is 0.715. The maximum Gasteiger partial charge on any atom is 0.161 e. The Kier molecular flexibility index (Phi) is 7.55. The van der Waals surface area contributed by atoms with Crippen molar-refractivity contribution in [1.82, 2.24) is 9.97 Å². The van der Waals surface area contributed by atoms with E-state index in [-0.39, 0.29) is 5.41 Å². The van der Waals surface area contributed by atoms with Crippen LogP contribution in [0.15, 0.2) is 194 Å². The molecule has 57 heavy (non-hydrogen) atoms. The third kappa shape index (κ3) is 5.48. The fraction of sp³-hybridized carbons (Fsp3) is 0.0545. The quantitative estimate of drug-likeness (QED) is 0.176. The molecule has 0 bridgehead atoms. The van der Waals surface area contributed by atoms with Gasteiger partial charge in [0.25, 0.3) is 0 Å². The van der Waals surface area contributed by atoms with E-state index in [9.17, 15) is 0 Å². The van der Waals surface area contributed by atoms with Crippen LogP contribution in [0, 0.1) is 0 Å². The van der Waals surface area contributed by atoms with Crippen molar-refractivity contribution in [2.24, 2.45) is 0 Å². The number of fused-ring (bicyclic) bond motifs is 6. The fourth-order valence-electron chi connectivity index (χ4n) is 9.12. The van der Waals surface area contributed by atoms with Crippen LogP contribution in [0.1, 0.15) is 25.0 Å². The van der Waals surface area contributed by atoms with Gasteiger partial charge >= 0.3 is 0 Å². The Labute approximate surface area is 332 Å². The summed E-state index contributed by atoms with van der Waals surface area (Å²) in [5, 5.41) is 7.25. The van der Waals surface area contributed by atoms with E-state index in [0.717, 1.165) is 33.5 Å². The van der Waals surface area contributed by atoms with Crippen molar-refractivity contribution < 1.29 is 0 Å². The first-order valence-electron chi connectivity index (χ1n) is 19.7. The number of hydrogen-bond acceptors (Lipinski definition) is 2. The second-order valence-electron chi connectivity index (χ2n) is 15.8. The second kappa shape index (κ2) is 13.0. The van der Waals surface area contributed by atoms with Crippen LogP contribution in [0.5, 0.6) is 0 Å². The van der Waals surface area contributed by atoms with Gasteiger partial charge in [-0.1, -0.05) is 178 Å². The lowest BCUT2D eigenvalue weighted by atomic mass is 9.81. The molecule has 0 spiro atoms. The van der Waals surface area contributed by atoms with E-state index < -0.39 is 0 Å². The predicted octanol–water partition coefficient (Wildman–Crippen LogP) is 14.6. The molecular weight excluding hydrogens is 689 g/mol. The number of aromatic nitrogens is 2. The molecule has 0 radical (unpaired) electrons. The topological polar surface area (TPSA) is 25.8 Å². The van der Waals surface area contributed by atoms with E-state index in [4.69, 9.17) is 9.97 Å². The Morgan fingerprint density at radius 2 is 0.895 bits per heavy atom. The van der Waals surface area contributed by atoms with Crippen molar-refractivity contribution in [2.75, 3.05) is 0 Å². The highest BCUT2D eigenvalue weighted by Gasteiger charge is 2.35. The van der Waals surface area contributed by atoms with Crippen LogP contribution < -0.4 is 0 Å². The number of nitrogens with zero attached hydrogens (tertiary/aromatic N) is 2. The van der Waals surface area contributed by atoms with Gasteiger partial charge < -0.3 is 0 Å². The zero-order valence-electron chi connectivity index (χ0n) is 31.9. The normalized spacial score (nSPS) is 12.9. The van der Waals surface area contributed by atoms with Gasteiger partial charge in [0.2, 0.25) is 0 Å². The molecule has 0 saturated heterocycles. The first-order valence-corrected chi connectivity index (χ1v) is 19.7. The minimum Gasteiger partial charge on any atom is -0.228 e. The molecule has 1 aliphatic rings. The molecule has 0 fully saturated rings. The van der Waals surface area contributed by atoms with E-state index in [1.165, 1.54) is 71.4 Å². The van der Waals surface area contributed by atoms with Gasteiger partial charge in [0.05, 0.1) is 11.4 Å². The molecule has 0 unspecified atom stereocenters. The van der Waals surface area contributed by atoms with Gasteiger partial charge in [-0.2, -0.15) is 0 Å². The second-order valence-corrected chi connectivity index (χ2v) is 15.8. The van der Waals surface area contributed by atoms with Crippen LogP contribution in [-0.4, -0.2) is 9.97 Å². The number of benzene rings is 9. The zero-order valence-corrected chi connectivity index (χ0v) is 31.9. The third-order valence-electron chi connectivity index (χ3n) is 12.1. The molecule has 2 nitrogen and oxygen atoms in total. The maximum absolute atomic E-state index is 5.30. The average Bonchev–Trinajstić information content (AvgIpc) is 3.49. The van der Waals surface area contributed by atoms with Crippen molar-refractivity contribution in [3.05, 3.63) is 205 Å². The lowest BCUT2D eigenvalue weighted by Gasteiger charge is -2.22. The molecule has 0 N–H and O–H groups in total. The minimum atomic E-state index is -0.0459. The van der Waals surface area contributed by atoms with Crippen molar-refractivity contribution >= 4 is 32.3 Å². The van der Waals surface area contributed by atoms with Gasteiger partial charge in [-0.15, -0.1) is 0 Å². The number of rotatable bonds is 5. The Morgan fingerprint density at radius 3 is 1.68 bits per heavy atom. The lowest BCUT2D eigenvalue weighted by molar-refractivity contribution is 0.661. The van der Waals surface area contributed by atoms with E-state index in [1.807, 2.05) is 6.07 Å². The Hall–Kier alpha value is -7.16. The Balaban J connectivity index is 0.993. The van der Waals surface area contributed by atoms with Crippen LogP contribution >= 0.6 is 0 Å². The average molecular weight is 727 g/mol. The monoisotopic (exact) mass is 726 g/mol. The summed E-state index contributed by atoms with van der Waals surface area (Å²) in [4.78, 5) is 10.5. The van der Waals surface area contributed by atoms with E-state index >= 15 is 0 Å². The molecule has 0 atom stereocenters. The van der Waals surface area contributed by atoms with Crippen LogP contribution in [0.3, 0.4) is 0 Å². The highest BCUT2D eigenvalue weighted by Crippen LogP contribution is 2.51. The van der Waals surface area contributed by atoms with Crippen LogP contribution in [0.4, 0.5) is 0 Å². The highest BCUT2D eigenvalue weighted by molar-refractivity contribution is 6.05. The SMILES string of the molecule is CC1(C)c2ccc(-c3ccc(-c4ccc(-c5nc(-c6ccccc6)cc(-c6cccc7ccccc67)n5)c5ccccc45)cc3)cc2-c2cc3ccccc3cc21. The smallest absolute Gasteiger partial charge is 0.161 e. The summed E-state index contributed by atoms with van der Waals surface area (Å²) < 4.78 is 0. The van der Waals surface area contributed by atoms with Gasteiger partial charge in [-0.05, 0) is 107 Å². The maximum atomic E-state index is 5.30. The zero-order chi connectivity index (χ0) is 38.1. The summed E-state index contributed by atoms with van der Waals surface area (Å²) in [7, 11) is 0. The van der Waals surface area contributed by atoms with Gasteiger partial charge in [0.1, 0.15) is 0 Å². The summed E-state index contributed by atoms with van der Waals surface area (Å²) in [5.41, 5.74) is 15.2. The molecule has 1 aliphatic carbocycles. The molecular formula is C55H38N2. The van der Waals surface area contributed by atoms with Gasteiger partial charge in [-0.3, -0.25) is 0 Å². The van der Waals surface area contributed by atoms with Gasteiger partial charge in [-0.25, -0.2) is 9.97 Å². The molecule has 11 rings (SSSR count). The molecule has 0 aliphatic heterocycles. The molecule has 10 aromatic rings. The van der Waals surface area contributed by atoms with E-state index in [0.29, 0.717) is 5.82 Å². The van der Waals surface area contributed by atoms with Crippen molar-refractivity contribution in [3.63, 3.8) is 0 Å². The minimum absolute atomic E-state index is 0.0459. The summed E-state index contributed by atoms with van der Waals surface area (Å²) in [6.07, 6.45) is 0. The van der Waals surface area contributed by atoms with Gasteiger partial charge in [0, 0.05) is 22.1 Å². The van der Waals surface area contributed by atoms with E-state index in [2.05, 4.69) is 202 Å². The van der Waals surface area contributed by atoms with Crippen molar-refractivity contribution in [2.45, 2.75) is 19.3 Å². The lowest BCUT2D eigenvalue weighted by Crippen LogP contribution is -2.14. The summed E-state index contributed by atoms with van der Waals surface area (Å²) in [6.45, 7) is 4.71. The third-order valence-corrected chi connectivity index (χ3v) is 12.1. The van der Waals surface area contributed by atoms with Crippen LogP contribution in [-0.2, 0) is 5.41 Å². The molecule has 0 saturated carbocycles. The van der Waals surface area contributed by atoms with Gasteiger partial charge in [0.15, 0.2) is 5.82 Å². The standard InChI is InChI=1S/C55H38N2/c1-55(2)50-30-27-41(32-48(50)49-31-39-16-6-7-17-40(39)33-51(49)55)35-23-25-37(26-24-35)43-28-29-47(45-21-11-10-20-44(43)45)54-56-52(38-14-4-3-5-15-38)34-53(57-54)46-22-12-18-36-13-8-9-19-42(36)46/h3-34H,1-2H3. The van der Waals surface area contributed by atoms with Crippen molar-refractivity contribution in [3.8, 4) is 67.3 Å². The largest absolute Gasteiger partial charge is 0.228 e. The summed E-state index contributed by atoms with van der Waals surface area (Å²) in [6, 6.07) is 70.2. The van der Waals surface area contributed by atoms with E-state index in [1.54, 1.807) is 0 Å². The van der Waals surface area contributed by atoms with Crippen LogP contribution in [0.25, 0.3) is 99.6 Å². The highest BCUT2D eigenvalue weighted by atomic mass is 14.9. The molecule has 9 aromatic carbocycles. The molecule has 2 heteroatoms. The molecule has 1 heterocycles. The molecule has 0 amide bonds. The predicted molar refractivity (Wildman–Crippen MR) is 239 cm³/mol. The van der Waals surface area contributed by atoms with Crippen LogP contribution in [0.2, 0.25) is 0 Å². The fourth-order valence-corrected chi connectivity index (χ4v) is 9.12. The number of hydrogen-bond donors (Lipinski definition) is 0. The van der Waals surface area contributed by atoms with Crippen molar-refractivity contribution in [1.29, 1.82) is 0 Å². The Morgan fingerprint density at radius 1 is 0.316 bits per heavy atom. The molecule has 268 valence electrons. The Bertz CT molecular complexity index is 3190.